The molecular weight excluding hydrogens is 250 g/mol. The van der Waals surface area contributed by atoms with Crippen LogP contribution in [-0.2, 0) is 0 Å². The van der Waals surface area contributed by atoms with Crippen molar-refractivity contribution in [3.05, 3.63) is 0 Å². The van der Waals surface area contributed by atoms with Crippen molar-refractivity contribution in [1.82, 2.24) is 15.1 Å². The summed E-state index contributed by atoms with van der Waals surface area (Å²) in [7, 11) is 4.49. The van der Waals surface area contributed by atoms with Gasteiger partial charge in [-0.2, -0.15) is 0 Å². The molecule has 0 aromatic rings. The van der Waals surface area contributed by atoms with E-state index in [1.807, 2.05) is 0 Å². The average molecular weight is 283 g/mol. The molecule has 0 radical (unpaired) electrons. The summed E-state index contributed by atoms with van der Waals surface area (Å²) < 4.78 is 0. The van der Waals surface area contributed by atoms with Gasteiger partial charge in [-0.3, -0.25) is 0 Å². The number of aliphatic hydroxyl groups excluding tert-OH is 1. The number of likely N-dealkylation sites (tertiary alicyclic amines) is 1. The minimum atomic E-state index is -0.0421. The Morgan fingerprint density at radius 1 is 1.40 bits per heavy atom. The van der Waals surface area contributed by atoms with Crippen LogP contribution in [0, 0.1) is 5.92 Å². The van der Waals surface area contributed by atoms with Crippen molar-refractivity contribution in [2.45, 2.75) is 57.2 Å². The Balaban J connectivity index is 1.84. The Morgan fingerprint density at radius 2 is 2.15 bits per heavy atom. The summed E-state index contributed by atoms with van der Waals surface area (Å²) >= 11 is 0. The number of nitrogens with zero attached hydrogens (tertiary/aromatic N) is 2. The average Bonchev–Trinajstić information content (AvgIpc) is 2.96. The Hall–Kier alpha value is -0.160. The van der Waals surface area contributed by atoms with Crippen LogP contribution in [0.15, 0.2) is 0 Å². The number of nitrogens with one attached hydrogen (secondary N) is 1. The van der Waals surface area contributed by atoms with Crippen LogP contribution in [0.2, 0.25) is 0 Å². The van der Waals surface area contributed by atoms with Gasteiger partial charge in [-0.05, 0) is 52.2 Å². The summed E-state index contributed by atoms with van der Waals surface area (Å²) in [5.41, 5.74) is -0.0421. The zero-order valence-corrected chi connectivity index (χ0v) is 13.7. The monoisotopic (exact) mass is 283 g/mol. The van der Waals surface area contributed by atoms with E-state index in [0.717, 1.165) is 18.8 Å². The zero-order chi connectivity index (χ0) is 14.8. The van der Waals surface area contributed by atoms with E-state index in [1.165, 1.54) is 32.5 Å². The van der Waals surface area contributed by atoms with Crippen LogP contribution in [0.25, 0.3) is 0 Å². The van der Waals surface area contributed by atoms with Gasteiger partial charge < -0.3 is 20.2 Å². The molecule has 118 valence electrons. The lowest BCUT2D eigenvalue weighted by Crippen LogP contribution is -2.50. The van der Waals surface area contributed by atoms with Crippen LogP contribution in [0.3, 0.4) is 0 Å². The largest absolute Gasteiger partial charge is 0.394 e. The summed E-state index contributed by atoms with van der Waals surface area (Å²) in [6, 6.07) is 1.06. The van der Waals surface area contributed by atoms with E-state index in [2.05, 4.69) is 43.1 Å². The third-order valence-electron chi connectivity index (χ3n) is 5.14. The van der Waals surface area contributed by atoms with Crippen molar-refractivity contribution in [3.63, 3.8) is 0 Å². The van der Waals surface area contributed by atoms with Crippen LogP contribution >= 0.6 is 0 Å². The standard InChI is InChI=1S/C16H33N3O/c1-13(2)17-16(12-20)7-5-15(9-16)19(4)11-14-6-8-18(3)10-14/h13-15,17,20H,5-12H2,1-4H3. The van der Waals surface area contributed by atoms with Gasteiger partial charge in [0.15, 0.2) is 0 Å². The molecule has 2 aliphatic rings. The van der Waals surface area contributed by atoms with Gasteiger partial charge in [0.2, 0.25) is 0 Å². The molecule has 2 fully saturated rings. The third-order valence-corrected chi connectivity index (χ3v) is 5.14. The summed E-state index contributed by atoms with van der Waals surface area (Å²) in [6.45, 7) is 8.30. The molecule has 2 rings (SSSR count). The smallest absolute Gasteiger partial charge is 0.0614 e. The lowest BCUT2D eigenvalue weighted by Gasteiger charge is -2.33. The molecule has 0 amide bonds. The molecule has 2 N–H and O–H groups in total. The molecule has 1 saturated carbocycles. The van der Waals surface area contributed by atoms with Gasteiger partial charge in [0, 0.05) is 30.7 Å². The molecule has 1 aliphatic carbocycles. The Kier molecular flexibility index (Phi) is 5.46. The normalized spacial score (nSPS) is 35.5. The van der Waals surface area contributed by atoms with E-state index in [-0.39, 0.29) is 12.1 Å². The molecule has 0 spiro atoms. The third kappa shape index (κ3) is 3.94. The molecule has 1 aliphatic heterocycles. The zero-order valence-electron chi connectivity index (χ0n) is 13.7. The molecule has 20 heavy (non-hydrogen) atoms. The van der Waals surface area contributed by atoms with E-state index in [1.54, 1.807) is 0 Å². The fourth-order valence-corrected chi connectivity index (χ4v) is 4.14. The minimum Gasteiger partial charge on any atom is -0.394 e. The summed E-state index contributed by atoms with van der Waals surface area (Å²) in [6.07, 6.45) is 4.73. The highest BCUT2D eigenvalue weighted by atomic mass is 16.3. The number of rotatable bonds is 6. The maximum Gasteiger partial charge on any atom is 0.0614 e. The van der Waals surface area contributed by atoms with E-state index in [4.69, 9.17) is 0 Å². The predicted molar refractivity (Wildman–Crippen MR) is 84.0 cm³/mol. The molecule has 4 nitrogen and oxygen atoms in total. The Morgan fingerprint density at radius 3 is 2.70 bits per heavy atom. The van der Waals surface area contributed by atoms with Crippen molar-refractivity contribution in [2.75, 3.05) is 40.3 Å². The van der Waals surface area contributed by atoms with Crippen molar-refractivity contribution in [2.24, 2.45) is 5.92 Å². The van der Waals surface area contributed by atoms with Gasteiger partial charge in [-0.25, -0.2) is 0 Å². The second kappa shape index (κ2) is 6.73. The summed E-state index contributed by atoms with van der Waals surface area (Å²) in [4.78, 5) is 4.98. The highest BCUT2D eigenvalue weighted by Crippen LogP contribution is 2.33. The van der Waals surface area contributed by atoms with Gasteiger partial charge >= 0.3 is 0 Å². The first-order valence-electron chi connectivity index (χ1n) is 8.21. The topological polar surface area (TPSA) is 38.7 Å². The molecule has 1 saturated heterocycles. The van der Waals surface area contributed by atoms with Crippen molar-refractivity contribution >= 4 is 0 Å². The molecule has 3 unspecified atom stereocenters. The van der Waals surface area contributed by atoms with Crippen LogP contribution in [0.4, 0.5) is 0 Å². The molecule has 0 bridgehead atoms. The first-order valence-corrected chi connectivity index (χ1v) is 8.21. The lowest BCUT2D eigenvalue weighted by molar-refractivity contribution is 0.138. The second-order valence-corrected chi connectivity index (χ2v) is 7.49. The molecule has 4 heteroatoms. The van der Waals surface area contributed by atoms with E-state index >= 15 is 0 Å². The van der Waals surface area contributed by atoms with Gasteiger partial charge in [0.1, 0.15) is 0 Å². The van der Waals surface area contributed by atoms with Gasteiger partial charge in [-0.15, -0.1) is 0 Å². The number of hydrogen-bond donors (Lipinski definition) is 2. The highest BCUT2D eigenvalue weighted by Gasteiger charge is 2.40. The fourth-order valence-electron chi connectivity index (χ4n) is 4.14. The summed E-state index contributed by atoms with van der Waals surface area (Å²) in [5.74, 6) is 0.826. The molecular formula is C16H33N3O. The van der Waals surface area contributed by atoms with E-state index in [0.29, 0.717) is 12.1 Å². The first kappa shape index (κ1) is 16.2. The molecule has 1 heterocycles. The molecule has 0 aromatic heterocycles. The fraction of sp³-hybridized carbons (Fsp3) is 1.00. The maximum atomic E-state index is 9.80. The Labute approximate surface area is 124 Å². The van der Waals surface area contributed by atoms with E-state index < -0.39 is 0 Å². The first-order chi connectivity index (χ1) is 9.44. The number of hydrogen-bond acceptors (Lipinski definition) is 4. The number of aliphatic hydroxyl groups is 1. The van der Waals surface area contributed by atoms with Crippen molar-refractivity contribution in [3.8, 4) is 0 Å². The minimum absolute atomic E-state index is 0.0421. The highest BCUT2D eigenvalue weighted by molar-refractivity contribution is 5.00. The van der Waals surface area contributed by atoms with Crippen LogP contribution < -0.4 is 5.32 Å². The van der Waals surface area contributed by atoms with Gasteiger partial charge in [0.25, 0.3) is 0 Å². The van der Waals surface area contributed by atoms with Crippen LogP contribution in [0.1, 0.15) is 39.5 Å². The van der Waals surface area contributed by atoms with Gasteiger partial charge in [0.05, 0.1) is 6.61 Å². The maximum absolute atomic E-state index is 9.80. The van der Waals surface area contributed by atoms with E-state index in [9.17, 15) is 5.11 Å². The predicted octanol–water partition coefficient (Wildman–Crippen LogP) is 1.15. The van der Waals surface area contributed by atoms with Crippen molar-refractivity contribution < 1.29 is 5.11 Å². The van der Waals surface area contributed by atoms with Gasteiger partial charge in [-0.1, -0.05) is 13.8 Å². The van der Waals surface area contributed by atoms with Crippen molar-refractivity contribution in [1.29, 1.82) is 0 Å². The quantitative estimate of drug-likeness (QED) is 0.767. The lowest BCUT2D eigenvalue weighted by atomic mass is 9.97. The summed E-state index contributed by atoms with van der Waals surface area (Å²) in [5, 5.41) is 13.4. The molecule has 0 aromatic carbocycles. The SMILES string of the molecule is CC(C)NC1(CO)CCC(N(C)CC2CCN(C)C2)C1. The second-order valence-electron chi connectivity index (χ2n) is 7.49. The Bertz CT molecular complexity index is 310. The molecule has 3 atom stereocenters. The van der Waals surface area contributed by atoms with Crippen LogP contribution in [-0.4, -0.2) is 72.9 Å². The van der Waals surface area contributed by atoms with Crippen LogP contribution in [0.5, 0.6) is 0 Å².